The van der Waals surface area contributed by atoms with E-state index < -0.39 is 0 Å². The molecule has 0 aliphatic carbocycles. The first-order valence-corrected chi connectivity index (χ1v) is 3.94. The fourth-order valence-corrected chi connectivity index (χ4v) is 0.853. The second-order valence-electron chi connectivity index (χ2n) is 2.37. The average Bonchev–Trinajstić information content (AvgIpc) is 2.19. The number of aryl methyl sites for hydroxylation is 1. The Morgan fingerprint density at radius 2 is 1.92 bits per heavy atom. The second-order valence-corrected chi connectivity index (χ2v) is 2.37. The Bertz CT molecular complexity index is 265. The molecule has 1 aromatic carbocycles. The molecule has 0 bridgehead atoms. The SMILES string of the molecule is CNc1ccccc1C.N=CC=O. The molecule has 3 nitrogen and oxygen atoms in total. The van der Waals surface area contributed by atoms with Gasteiger partial charge in [-0.25, -0.2) is 0 Å². The number of anilines is 1. The highest BCUT2D eigenvalue weighted by Crippen LogP contribution is 2.10. The quantitative estimate of drug-likeness (QED) is 0.536. The Labute approximate surface area is 78.3 Å². The summed E-state index contributed by atoms with van der Waals surface area (Å²) < 4.78 is 0. The fraction of sp³-hybridized carbons (Fsp3) is 0.200. The fourth-order valence-electron chi connectivity index (χ4n) is 0.853. The lowest BCUT2D eigenvalue weighted by Gasteiger charge is -2.01. The molecule has 1 aromatic rings. The summed E-state index contributed by atoms with van der Waals surface area (Å²) in [6.45, 7) is 2.09. The van der Waals surface area contributed by atoms with Gasteiger partial charge in [-0.1, -0.05) is 18.2 Å². The summed E-state index contributed by atoms with van der Waals surface area (Å²) in [7, 11) is 1.93. The van der Waals surface area contributed by atoms with Crippen LogP contribution < -0.4 is 5.32 Å². The molecule has 0 saturated carbocycles. The van der Waals surface area contributed by atoms with Crippen molar-refractivity contribution in [3.05, 3.63) is 29.8 Å². The maximum atomic E-state index is 8.93. The van der Waals surface area contributed by atoms with Crippen LogP contribution >= 0.6 is 0 Å². The minimum Gasteiger partial charge on any atom is -0.388 e. The molecule has 1 rings (SSSR count). The van der Waals surface area contributed by atoms with Gasteiger partial charge in [0.2, 0.25) is 0 Å². The third-order valence-electron chi connectivity index (χ3n) is 1.48. The molecule has 13 heavy (non-hydrogen) atoms. The van der Waals surface area contributed by atoms with Gasteiger partial charge in [0, 0.05) is 12.7 Å². The van der Waals surface area contributed by atoms with Crippen molar-refractivity contribution in [2.24, 2.45) is 0 Å². The highest BCUT2D eigenvalue weighted by Gasteiger charge is 1.88. The molecule has 0 amide bonds. The first-order valence-electron chi connectivity index (χ1n) is 3.94. The number of para-hydroxylation sites is 1. The van der Waals surface area contributed by atoms with Crippen molar-refractivity contribution in [2.75, 3.05) is 12.4 Å². The molecule has 0 spiro atoms. The highest BCUT2D eigenvalue weighted by atomic mass is 16.1. The van der Waals surface area contributed by atoms with Crippen molar-refractivity contribution in [1.29, 1.82) is 5.41 Å². The van der Waals surface area contributed by atoms with E-state index in [9.17, 15) is 0 Å². The Morgan fingerprint density at radius 1 is 1.38 bits per heavy atom. The van der Waals surface area contributed by atoms with Crippen LogP contribution in [0.3, 0.4) is 0 Å². The van der Waals surface area contributed by atoms with Crippen molar-refractivity contribution >= 4 is 18.2 Å². The molecular weight excluding hydrogens is 164 g/mol. The summed E-state index contributed by atoms with van der Waals surface area (Å²) >= 11 is 0. The molecule has 0 heterocycles. The van der Waals surface area contributed by atoms with Crippen LogP contribution in [0.5, 0.6) is 0 Å². The lowest BCUT2D eigenvalue weighted by molar-refractivity contribution is -0.102. The van der Waals surface area contributed by atoms with Crippen molar-refractivity contribution in [3.8, 4) is 0 Å². The number of carbonyl (C=O) groups is 1. The molecule has 0 fully saturated rings. The zero-order valence-corrected chi connectivity index (χ0v) is 7.87. The molecule has 0 aliphatic heterocycles. The minimum atomic E-state index is 0.417. The van der Waals surface area contributed by atoms with E-state index in [1.807, 2.05) is 19.2 Å². The standard InChI is InChI=1S/C8H11N.C2H3NO/c1-7-5-3-4-6-8(7)9-2;3-1-2-4/h3-6,9H,1-2H3;1-3H. The Hall–Kier alpha value is -1.64. The van der Waals surface area contributed by atoms with Gasteiger partial charge in [0.15, 0.2) is 6.29 Å². The van der Waals surface area contributed by atoms with Gasteiger partial charge < -0.3 is 10.7 Å². The van der Waals surface area contributed by atoms with Crippen LogP contribution in [-0.4, -0.2) is 19.5 Å². The maximum absolute atomic E-state index is 8.93. The summed E-state index contributed by atoms with van der Waals surface area (Å²) in [6, 6.07) is 8.22. The molecule has 3 heteroatoms. The van der Waals surface area contributed by atoms with Crippen molar-refractivity contribution < 1.29 is 4.79 Å². The summed E-state index contributed by atoms with van der Waals surface area (Å²) in [5.74, 6) is 0. The van der Waals surface area contributed by atoms with Crippen molar-refractivity contribution in [3.63, 3.8) is 0 Å². The summed E-state index contributed by atoms with van der Waals surface area (Å²) in [6.07, 6.45) is 1.11. The predicted octanol–water partition coefficient (Wildman–Crippen LogP) is 1.87. The lowest BCUT2D eigenvalue weighted by atomic mass is 10.2. The number of nitrogens with one attached hydrogen (secondary N) is 2. The minimum absolute atomic E-state index is 0.417. The van der Waals surface area contributed by atoms with Gasteiger partial charge in [-0.3, -0.25) is 4.79 Å². The summed E-state index contributed by atoms with van der Waals surface area (Å²) in [5, 5.41) is 9.05. The van der Waals surface area contributed by atoms with E-state index in [-0.39, 0.29) is 0 Å². The number of rotatable bonds is 2. The lowest BCUT2D eigenvalue weighted by Crippen LogP contribution is -1.89. The molecule has 0 unspecified atom stereocenters. The molecule has 0 radical (unpaired) electrons. The van der Waals surface area contributed by atoms with Crippen LogP contribution in [0.15, 0.2) is 24.3 Å². The van der Waals surface area contributed by atoms with Gasteiger partial charge >= 0.3 is 0 Å². The number of benzene rings is 1. The first kappa shape index (κ1) is 11.4. The third-order valence-corrected chi connectivity index (χ3v) is 1.48. The van der Waals surface area contributed by atoms with E-state index in [0.717, 1.165) is 0 Å². The van der Waals surface area contributed by atoms with Crippen LogP contribution in [0.1, 0.15) is 5.56 Å². The van der Waals surface area contributed by atoms with Gasteiger partial charge in [0.1, 0.15) is 0 Å². The Balaban J connectivity index is 0.000000310. The van der Waals surface area contributed by atoms with Gasteiger partial charge in [-0.15, -0.1) is 0 Å². The summed E-state index contributed by atoms with van der Waals surface area (Å²) in [4.78, 5) is 8.93. The number of carbonyl (C=O) groups excluding carboxylic acids is 1. The van der Waals surface area contributed by atoms with E-state index in [1.165, 1.54) is 11.3 Å². The van der Waals surface area contributed by atoms with E-state index in [2.05, 4.69) is 24.4 Å². The number of aldehydes is 1. The van der Waals surface area contributed by atoms with Crippen molar-refractivity contribution in [2.45, 2.75) is 6.92 Å². The molecule has 0 saturated heterocycles. The number of hydrogen-bond donors (Lipinski definition) is 2. The average molecular weight is 178 g/mol. The van der Waals surface area contributed by atoms with Gasteiger partial charge in [-0.2, -0.15) is 0 Å². The first-order chi connectivity index (χ1) is 6.26. The topological polar surface area (TPSA) is 53.0 Å². The predicted molar refractivity (Wildman–Crippen MR) is 55.6 cm³/mol. The van der Waals surface area contributed by atoms with E-state index in [1.54, 1.807) is 0 Å². The monoisotopic (exact) mass is 178 g/mol. The van der Waals surface area contributed by atoms with Gasteiger partial charge in [0.25, 0.3) is 0 Å². The zero-order valence-electron chi connectivity index (χ0n) is 7.87. The Kier molecular flexibility index (Phi) is 6.15. The Morgan fingerprint density at radius 3 is 2.23 bits per heavy atom. The maximum Gasteiger partial charge on any atom is 0.160 e. The number of hydrogen-bond acceptors (Lipinski definition) is 3. The van der Waals surface area contributed by atoms with Gasteiger partial charge in [0.05, 0.1) is 6.21 Å². The van der Waals surface area contributed by atoms with Crippen molar-refractivity contribution in [1.82, 2.24) is 0 Å². The van der Waals surface area contributed by atoms with Crippen LogP contribution in [0, 0.1) is 12.3 Å². The normalized spacial score (nSPS) is 7.85. The molecule has 0 aliphatic rings. The molecule has 0 aromatic heterocycles. The molecular formula is C10H14N2O. The molecule has 0 atom stereocenters. The molecule has 70 valence electrons. The van der Waals surface area contributed by atoms with Gasteiger partial charge in [-0.05, 0) is 18.6 Å². The second kappa shape index (κ2) is 7.03. The van der Waals surface area contributed by atoms with E-state index in [0.29, 0.717) is 12.5 Å². The van der Waals surface area contributed by atoms with E-state index in [4.69, 9.17) is 10.2 Å². The molecule has 2 N–H and O–H groups in total. The largest absolute Gasteiger partial charge is 0.388 e. The van der Waals surface area contributed by atoms with Crippen LogP contribution in [0.25, 0.3) is 0 Å². The van der Waals surface area contributed by atoms with Crippen LogP contribution in [0.4, 0.5) is 5.69 Å². The van der Waals surface area contributed by atoms with E-state index >= 15 is 0 Å². The third kappa shape index (κ3) is 4.74. The smallest absolute Gasteiger partial charge is 0.160 e. The van der Waals surface area contributed by atoms with Crippen LogP contribution in [-0.2, 0) is 4.79 Å². The highest BCUT2D eigenvalue weighted by molar-refractivity contribution is 6.11. The van der Waals surface area contributed by atoms with Crippen LogP contribution in [0.2, 0.25) is 0 Å². The zero-order chi connectivity index (χ0) is 10.1. The summed E-state index contributed by atoms with van der Waals surface area (Å²) in [5.41, 5.74) is 2.50.